The molecule has 2 N–H and O–H groups in total. The third-order valence-electron chi connectivity index (χ3n) is 4.10. The summed E-state index contributed by atoms with van der Waals surface area (Å²) in [4.78, 5) is 16.5. The molecule has 0 aliphatic carbocycles. The summed E-state index contributed by atoms with van der Waals surface area (Å²) in [6.45, 7) is 3.62. The maximum atomic E-state index is 12.4. The average molecular weight is 349 g/mol. The highest BCUT2D eigenvalue weighted by molar-refractivity contribution is 7.80. The van der Waals surface area contributed by atoms with Crippen molar-refractivity contribution in [1.82, 2.24) is 15.1 Å². The SMILES string of the molecule is CN(C)CCCNC(=S)Nc1ccc(C(=O)N2CCCCC2)cc1. The number of hydrogen-bond acceptors (Lipinski definition) is 3. The zero-order valence-corrected chi connectivity index (χ0v) is 15.5. The van der Waals surface area contributed by atoms with Crippen LogP contribution >= 0.6 is 12.2 Å². The minimum absolute atomic E-state index is 0.130. The van der Waals surface area contributed by atoms with Crippen molar-refractivity contribution in [3.63, 3.8) is 0 Å². The molecule has 1 aromatic carbocycles. The van der Waals surface area contributed by atoms with Gasteiger partial charge in [0.1, 0.15) is 0 Å². The van der Waals surface area contributed by atoms with Gasteiger partial charge in [0.15, 0.2) is 5.11 Å². The Kier molecular flexibility index (Phi) is 7.46. The number of anilines is 1. The number of piperidine rings is 1. The van der Waals surface area contributed by atoms with Crippen molar-refractivity contribution in [3.05, 3.63) is 29.8 Å². The van der Waals surface area contributed by atoms with Crippen LogP contribution < -0.4 is 10.6 Å². The van der Waals surface area contributed by atoms with E-state index >= 15 is 0 Å². The van der Waals surface area contributed by atoms with Crippen molar-refractivity contribution >= 4 is 28.9 Å². The molecule has 2 rings (SSSR count). The number of rotatable bonds is 6. The van der Waals surface area contributed by atoms with Crippen LogP contribution in [0.25, 0.3) is 0 Å². The van der Waals surface area contributed by atoms with Crippen molar-refractivity contribution in [2.75, 3.05) is 45.6 Å². The Morgan fingerprint density at radius 2 is 1.83 bits per heavy atom. The van der Waals surface area contributed by atoms with Gasteiger partial charge in [0, 0.05) is 30.9 Å². The fraction of sp³-hybridized carbons (Fsp3) is 0.556. The van der Waals surface area contributed by atoms with E-state index in [0.717, 1.165) is 56.7 Å². The highest BCUT2D eigenvalue weighted by atomic mass is 32.1. The molecule has 1 aromatic rings. The van der Waals surface area contributed by atoms with Crippen LogP contribution in [0.1, 0.15) is 36.0 Å². The Morgan fingerprint density at radius 1 is 1.17 bits per heavy atom. The van der Waals surface area contributed by atoms with Crippen LogP contribution in [0.5, 0.6) is 0 Å². The van der Waals surface area contributed by atoms with Gasteiger partial charge in [-0.15, -0.1) is 0 Å². The highest BCUT2D eigenvalue weighted by Gasteiger charge is 2.17. The number of carbonyl (C=O) groups is 1. The van der Waals surface area contributed by atoms with Gasteiger partial charge >= 0.3 is 0 Å². The lowest BCUT2D eigenvalue weighted by molar-refractivity contribution is 0.0724. The molecule has 132 valence electrons. The summed E-state index contributed by atoms with van der Waals surface area (Å²) in [6.07, 6.45) is 4.49. The summed E-state index contributed by atoms with van der Waals surface area (Å²) < 4.78 is 0. The van der Waals surface area contributed by atoms with Gasteiger partial charge in [-0.1, -0.05) is 0 Å². The van der Waals surface area contributed by atoms with Gasteiger partial charge in [-0.3, -0.25) is 4.79 Å². The van der Waals surface area contributed by atoms with Crippen molar-refractivity contribution in [2.24, 2.45) is 0 Å². The monoisotopic (exact) mass is 348 g/mol. The van der Waals surface area contributed by atoms with Gasteiger partial charge in [0.25, 0.3) is 5.91 Å². The first-order valence-electron chi connectivity index (χ1n) is 8.65. The van der Waals surface area contributed by atoms with E-state index in [2.05, 4.69) is 29.6 Å². The Morgan fingerprint density at radius 3 is 2.46 bits per heavy atom. The van der Waals surface area contributed by atoms with E-state index in [0.29, 0.717) is 5.11 Å². The van der Waals surface area contributed by atoms with Crippen LogP contribution in [-0.2, 0) is 0 Å². The molecule has 0 spiro atoms. The Hall–Kier alpha value is -1.66. The minimum Gasteiger partial charge on any atom is -0.362 e. The fourth-order valence-corrected chi connectivity index (χ4v) is 2.97. The van der Waals surface area contributed by atoms with Gasteiger partial charge in [-0.05, 0) is 82.8 Å². The van der Waals surface area contributed by atoms with Crippen molar-refractivity contribution in [1.29, 1.82) is 0 Å². The van der Waals surface area contributed by atoms with E-state index < -0.39 is 0 Å². The number of thiocarbonyl (C=S) groups is 1. The number of nitrogens with zero attached hydrogens (tertiary/aromatic N) is 2. The summed E-state index contributed by atoms with van der Waals surface area (Å²) in [7, 11) is 4.12. The van der Waals surface area contributed by atoms with Gasteiger partial charge in [-0.2, -0.15) is 0 Å². The normalized spacial score (nSPS) is 14.5. The predicted octanol–water partition coefficient (Wildman–Crippen LogP) is 2.55. The Bertz CT molecular complexity index is 538. The quantitative estimate of drug-likeness (QED) is 0.611. The summed E-state index contributed by atoms with van der Waals surface area (Å²) >= 11 is 5.29. The standard InChI is InChI=1S/C18H28N4OS/c1-21(2)12-6-11-19-18(24)20-16-9-7-15(8-10-16)17(23)22-13-4-3-5-14-22/h7-10H,3-6,11-14H2,1-2H3,(H2,19,20,24). The number of nitrogens with one attached hydrogen (secondary N) is 2. The largest absolute Gasteiger partial charge is 0.362 e. The van der Waals surface area contributed by atoms with Crippen LogP contribution in [0, 0.1) is 0 Å². The molecule has 0 saturated carbocycles. The summed E-state index contributed by atoms with van der Waals surface area (Å²) in [5.74, 6) is 0.130. The van der Waals surface area contributed by atoms with Gasteiger partial charge in [0.05, 0.1) is 0 Å². The molecule has 0 bridgehead atoms. The first-order valence-corrected chi connectivity index (χ1v) is 9.06. The summed E-state index contributed by atoms with van der Waals surface area (Å²) in [6, 6.07) is 7.55. The Labute approximate surface area is 150 Å². The lowest BCUT2D eigenvalue weighted by atomic mass is 10.1. The predicted molar refractivity (Wildman–Crippen MR) is 104 cm³/mol. The third kappa shape index (κ3) is 6.09. The molecule has 1 fully saturated rings. The van der Waals surface area contributed by atoms with Gasteiger partial charge in [-0.25, -0.2) is 0 Å². The van der Waals surface area contributed by atoms with E-state index in [1.807, 2.05) is 29.2 Å². The van der Waals surface area contributed by atoms with Crippen LogP contribution in [0.15, 0.2) is 24.3 Å². The van der Waals surface area contributed by atoms with Crippen molar-refractivity contribution < 1.29 is 4.79 Å². The van der Waals surface area contributed by atoms with Gasteiger partial charge < -0.3 is 20.4 Å². The second kappa shape index (κ2) is 9.59. The third-order valence-corrected chi connectivity index (χ3v) is 4.35. The molecule has 1 aliphatic rings. The molecule has 0 unspecified atom stereocenters. The minimum atomic E-state index is 0.130. The number of carbonyl (C=O) groups excluding carboxylic acids is 1. The molecular weight excluding hydrogens is 320 g/mol. The summed E-state index contributed by atoms with van der Waals surface area (Å²) in [5, 5.41) is 6.97. The van der Waals surface area contributed by atoms with Crippen LogP contribution in [-0.4, -0.2) is 61.1 Å². The number of benzene rings is 1. The fourth-order valence-electron chi connectivity index (χ4n) is 2.75. The Balaban J connectivity index is 1.78. The molecule has 0 aromatic heterocycles. The molecule has 5 nitrogen and oxygen atoms in total. The van der Waals surface area contributed by atoms with Crippen LogP contribution in [0.3, 0.4) is 0 Å². The van der Waals surface area contributed by atoms with E-state index in [-0.39, 0.29) is 5.91 Å². The van der Waals surface area contributed by atoms with Gasteiger partial charge in [0.2, 0.25) is 0 Å². The number of hydrogen-bond donors (Lipinski definition) is 2. The average Bonchev–Trinajstić information content (AvgIpc) is 2.59. The maximum absolute atomic E-state index is 12.4. The second-order valence-corrected chi connectivity index (χ2v) is 6.88. The smallest absolute Gasteiger partial charge is 0.253 e. The molecule has 24 heavy (non-hydrogen) atoms. The van der Waals surface area contributed by atoms with E-state index in [1.165, 1.54) is 6.42 Å². The molecule has 1 amide bonds. The van der Waals surface area contributed by atoms with E-state index in [9.17, 15) is 4.79 Å². The molecular formula is C18H28N4OS. The molecule has 0 atom stereocenters. The lowest BCUT2D eigenvalue weighted by Gasteiger charge is -2.26. The van der Waals surface area contributed by atoms with Crippen molar-refractivity contribution in [3.8, 4) is 0 Å². The molecule has 1 heterocycles. The highest BCUT2D eigenvalue weighted by Crippen LogP contribution is 2.15. The van der Waals surface area contributed by atoms with Crippen LogP contribution in [0.4, 0.5) is 5.69 Å². The lowest BCUT2D eigenvalue weighted by Crippen LogP contribution is -2.35. The zero-order chi connectivity index (χ0) is 17.4. The molecule has 0 radical (unpaired) electrons. The zero-order valence-electron chi connectivity index (χ0n) is 14.7. The summed E-state index contributed by atoms with van der Waals surface area (Å²) in [5.41, 5.74) is 1.64. The first-order chi connectivity index (χ1) is 11.6. The topological polar surface area (TPSA) is 47.6 Å². The molecule has 1 aliphatic heterocycles. The van der Waals surface area contributed by atoms with Crippen LogP contribution in [0.2, 0.25) is 0 Å². The first kappa shape index (κ1) is 18.7. The molecule has 6 heteroatoms. The van der Waals surface area contributed by atoms with E-state index in [4.69, 9.17) is 12.2 Å². The maximum Gasteiger partial charge on any atom is 0.253 e. The molecule has 1 saturated heterocycles. The van der Waals surface area contributed by atoms with E-state index in [1.54, 1.807) is 0 Å². The number of likely N-dealkylation sites (tertiary alicyclic amines) is 1. The van der Waals surface area contributed by atoms with Crippen molar-refractivity contribution in [2.45, 2.75) is 25.7 Å². The second-order valence-electron chi connectivity index (χ2n) is 6.47. The number of amides is 1.